The molecule has 2 fully saturated rings. The molecule has 5 nitrogen and oxygen atoms in total. The van der Waals surface area contributed by atoms with Crippen molar-refractivity contribution in [3.05, 3.63) is 23.8 Å². The molecule has 3 rings (SSSR count). The number of anilines is 2. The van der Waals surface area contributed by atoms with Gasteiger partial charge in [-0.3, -0.25) is 9.10 Å². The van der Waals surface area contributed by atoms with Gasteiger partial charge in [0.15, 0.2) is 0 Å². The summed E-state index contributed by atoms with van der Waals surface area (Å²) in [5.41, 5.74) is 2.30. The van der Waals surface area contributed by atoms with Gasteiger partial charge in [-0.05, 0) is 43.9 Å². The minimum atomic E-state index is -3.19. The summed E-state index contributed by atoms with van der Waals surface area (Å²) in [6.45, 7) is 2.43. The Bertz CT molecular complexity index is 665. The van der Waals surface area contributed by atoms with E-state index >= 15 is 0 Å². The van der Waals surface area contributed by atoms with E-state index in [4.69, 9.17) is 0 Å². The Morgan fingerprint density at radius 1 is 1.29 bits per heavy atom. The van der Waals surface area contributed by atoms with Crippen LogP contribution >= 0.6 is 0 Å². The van der Waals surface area contributed by atoms with Crippen LogP contribution < -0.4 is 9.62 Å². The predicted octanol–water partition coefficient (Wildman–Crippen LogP) is 2.27. The summed E-state index contributed by atoms with van der Waals surface area (Å²) in [7, 11) is -3.19. The van der Waals surface area contributed by atoms with Crippen molar-refractivity contribution in [2.45, 2.75) is 32.6 Å². The molecule has 1 aliphatic carbocycles. The monoisotopic (exact) mass is 308 g/mol. The number of carbonyl (C=O) groups is 1. The van der Waals surface area contributed by atoms with Crippen LogP contribution in [0, 0.1) is 12.8 Å². The highest BCUT2D eigenvalue weighted by molar-refractivity contribution is 7.93. The van der Waals surface area contributed by atoms with Gasteiger partial charge >= 0.3 is 0 Å². The van der Waals surface area contributed by atoms with Gasteiger partial charge in [-0.2, -0.15) is 0 Å². The lowest BCUT2D eigenvalue weighted by atomic mass is 9.85. The van der Waals surface area contributed by atoms with E-state index in [1.165, 1.54) is 4.31 Å². The third kappa shape index (κ3) is 2.77. The number of rotatable bonds is 3. The molecule has 21 heavy (non-hydrogen) atoms. The molecule has 0 spiro atoms. The molecule has 0 atom stereocenters. The summed E-state index contributed by atoms with van der Waals surface area (Å²) in [4.78, 5) is 12.1. The molecule has 1 aliphatic heterocycles. The first kappa shape index (κ1) is 14.4. The molecule has 1 saturated carbocycles. The van der Waals surface area contributed by atoms with Crippen LogP contribution in [-0.2, 0) is 14.8 Å². The van der Waals surface area contributed by atoms with Crippen molar-refractivity contribution in [2.24, 2.45) is 5.92 Å². The van der Waals surface area contributed by atoms with Crippen molar-refractivity contribution in [3.8, 4) is 0 Å². The lowest BCUT2D eigenvalue weighted by Crippen LogP contribution is -2.29. The molecule has 6 heteroatoms. The highest BCUT2D eigenvalue weighted by Crippen LogP contribution is 2.31. The van der Waals surface area contributed by atoms with Crippen LogP contribution in [0.1, 0.15) is 31.2 Å². The number of amides is 1. The Hall–Kier alpha value is -1.56. The first-order chi connectivity index (χ1) is 9.97. The molecule has 1 aromatic carbocycles. The summed E-state index contributed by atoms with van der Waals surface area (Å²) >= 11 is 0. The minimum absolute atomic E-state index is 0.0470. The zero-order valence-electron chi connectivity index (χ0n) is 12.1. The van der Waals surface area contributed by atoms with Gasteiger partial charge in [-0.25, -0.2) is 8.42 Å². The number of nitrogens with zero attached hydrogens (tertiary/aromatic N) is 1. The van der Waals surface area contributed by atoms with E-state index in [1.807, 2.05) is 13.0 Å². The van der Waals surface area contributed by atoms with Crippen LogP contribution in [0.4, 0.5) is 11.4 Å². The highest BCUT2D eigenvalue weighted by Gasteiger charge is 2.29. The fourth-order valence-corrected chi connectivity index (χ4v) is 4.29. The van der Waals surface area contributed by atoms with E-state index in [2.05, 4.69) is 5.32 Å². The second-order valence-corrected chi connectivity index (χ2v) is 7.87. The molecule has 0 radical (unpaired) electrons. The second kappa shape index (κ2) is 5.33. The molecule has 1 heterocycles. The quantitative estimate of drug-likeness (QED) is 0.931. The normalized spacial score (nSPS) is 21.1. The Morgan fingerprint density at radius 2 is 2.05 bits per heavy atom. The first-order valence-corrected chi connectivity index (χ1v) is 9.00. The van der Waals surface area contributed by atoms with Crippen LogP contribution in [0.15, 0.2) is 18.2 Å². The molecule has 0 unspecified atom stereocenters. The zero-order chi connectivity index (χ0) is 15.0. The van der Waals surface area contributed by atoms with Gasteiger partial charge in [0.25, 0.3) is 0 Å². The van der Waals surface area contributed by atoms with E-state index in [-0.39, 0.29) is 17.6 Å². The number of hydrogen-bond donors (Lipinski definition) is 1. The maximum absolute atomic E-state index is 12.1. The Kier molecular flexibility index (Phi) is 3.65. The van der Waals surface area contributed by atoms with Crippen molar-refractivity contribution in [2.75, 3.05) is 21.9 Å². The fraction of sp³-hybridized carbons (Fsp3) is 0.533. The standard InChI is InChI=1S/C15H20N2O3S/c1-11-6-7-13(17-8-3-9-21(17,19)20)10-14(11)16-15(18)12-4-2-5-12/h6-7,10,12H,2-5,8-9H2,1H3,(H,16,18). The van der Waals surface area contributed by atoms with Gasteiger partial charge in [-0.1, -0.05) is 12.5 Å². The number of nitrogens with one attached hydrogen (secondary N) is 1. The van der Waals surface area contributed by atoms with Crippen molar-refractivity contribution >= 4 is 27.3 Å². The number of hydrogen-bond acceptors (Lipinski definition) is 3. The molecule has 0 aromatic heterocycles. The van der Waals surface area contributed by atoms with Crippen LogP contribution in [0.25, 0.3) is 0 Å². The van der Waals surface area contributed by atoms with E-state index in [0.29, 0.717) is 24.3 Å². The van der Waals surface area contributed by atoms with Gasteiger partial charge in [0, 0.05) is 18.2 Å². The lowest BCUT2D eigenvalue weighted by molar-refractivity contribution is -0.122. The van der Waals surface area contributed by atoms with Gasteiger partial charge in [-0.15, -0.1) is 0 Å². The zero-order valence-corrected chi connectivity index (χ0v) is 12.9. The maximum Gasteiger partial charge on any atom is 0.235 e. The molecule has 1 aromatic rings. The second-order valence-electron chi connectivity index (χ2n) is 5.86. The molecule has 114 valence electrons. The summed E-state index contributed by atoms with van der Waals surface area (Å²) in [5, 5.41) is 2.94. The van der Waals surface area contributed by atoms with Crippen molar-refractivity contribution in [1.82, 2.24) is 0 Å². The summed E-state index contributed by atoms with van der Waals surface area (Å²) in [6.07, 6.45) is 3.67. The summed E-state index contributed by atoms with van der Waals surface area (Å²) < 4.78 is 25.4. The van der Waals surface area contributed by atoms with Crippen molar-refractivity contribution < 1.29 is 13.2 Å². The van der Waals surface area contributed by atoms with Gasteiger partial charge in [0.1, 0.15) is 0 Å². The molecule has 0 bridgehead atoms. The van der Waals surface area contributed by atoms with Gasteiger partial charge in [0.05, 0.1) is 11.4 Å². The Labute approximate surface area is 125 Å². The van der Waals surface area contributed by atoms with Crippen molar-refractivity contribution in [3.63, 3.8) is 0 Å². The van der Waals surface area contributed by atoms with E-state index in [0.717, 1.165) is 24.8 Å². The third-order valence-corrected chi connectivity index (χ3v) is 6.21. The molecule has 1 saturated heterocycles. The number of benzene rings is 1. The van der Waals surface area contributed by atoms with Gasteiger partial charge in [0.2, 0.25) is 15.9 Å². The van der Waals surface area contributed by atoms with Gasteiger partial charge < -0.3 is 5.32 Å². The maximum atomic E-state index is 12.1. The highest BCUT2D eigenvalue weighted by atomic mass is 32.2. The van der Waals surface area contributed by atoms with Crippen LogP contribution in [0.5, 0.6) is 0 Å². The van der Waals surface area contributed by atoms with Crippen LogP contribution in [0.3, 0.4) is 0 Å². The number of sulfonamides is 1. The topological polar surface area (TPSA) is 66.5 Å². The largest absolute Gasteiger partial charge is 0.326 e. The molecular weight excluding hydrogens is 288 g/mol. The average Bonchev–Trinajstić information content (AvgIpc) is 2.69. The van der Waals surface area contributed by atoms with Crippen LogP contribution in [-0.4, -0.2) is 26.6 Å². The molecule has 2 aliphatic rings. The Balaban J connectivity index is 1.84. The van der Waals surface area contributed by atoms with Crippen LogP contribution in [0.2, 0.25) is 0 Å². The lowest BCUT2D eigenvalue weighted by Gasteiger charge is -2.25. The minimum Gasteiger partial charge on any atom is -0.326 e. The fourth-order valence-electron chi connectivity index (χ4n) is 2.73. The first-order valence-electron chi connectivity index (χ1n) is 7.39. The average molecular weight is 308 g/mol. The summed E-state index contributed by atoms with van der Waals surface area (Å²) in [5.74, 6) is 0.360. The Morgan fingerprint density at radius 3 is 2.62 bits per heavy atom. The van der Waals surface area contributed by atoms with E-state index in [9.17, 15) is 13.2 Å². The number of carbonyl (C=O) groups excluding carboxylic acids is 1. The predicted molar refractivity (Wildman–Crippen MR) is 82.9 cm³/mol. The van der Waals surface area contributed by atoms with E-state index < -0.39 is 10.0 Å². The molecular formula is C15H20N2O3S. The van der Waals surface area contributed by atoms with E-state index in [1.54, 1.807) is 12.1 Å². The number of aryl methyl sites for hydroxylation is 1. The smallest absolute Gasteiger partial charge is 0.235 e. The SMILES string of the molecule is Cc1ccc(N2CCCS2(=O)=O)cc1NC(=O)C1CCC1. The molecule has 1 amide bonds. The third-order valence-electron chi connectivity index (χ3n) is 4.34. The summed E-state index contributed by atoms with van der Waals surface area (Å²) in [6, 6.07) is 5.44. The van der Waals surface area contributed by atoms with Crippen molar-refractivity contribution in [1.29, 1.82) is 0 Å². The molecule has 1 N–H and O–H groups in total.